The highest BCUT2D eigenvalue weighted by molar-refractivity contribution is 6.11. The lowest BCUT2D eigenvalue weighted by Gasteiger charge is -2.71. The van der Waals surface area contributed by atoms with Gasteiger partial charge in [-0.15, -0.1) is 0 Å². The molecular weight excluding hydrogens is 776 g/mol. The Kier molecular flexibility index (Phi) is 8.62. The highest BCUT2D eigenvalue weighted by Gasteiger charge is 2.75. The van der Waals surface area contributed by atoms with Gasteiger partial charge in [-0.2, -0.15) is 0 Å². The minimum Gasteiger partial charge on any atom is -0.507 e. The van der Waals surface area contributed by atoms with Crippen molar-refractivity contribution in [3.63, 3.8) is 0 Å². The summed E-state index contributed by atoms with van der Waals surface area (Å²) in [4.78, 5) is 25.0. The van der Waals surface area contributed by atoms with Crippen LogP contribution in [-0.2, 0) is 14.2 Å². The average Bonchev–Trinajstić information content (AvgIpc) is 3.76. The van der Waals surface area contributed by atoms with Crippen LogP contribution < -0.4 is 15.6 Å². The van der Waals surface area contributed by atoms with E-state index in [1.807, 2.05) is 0 Å². The van der Waals surface area contributed by atoms with Crippen LogP contribution in [0.3, 0.4) is 0 Å². The van der Waals surface area contributed by atoms with Gasteiger partial charge in [-0.25, -0.2) is 4.79 Å². The van der Waals surface area contributed by atoms with Gasteiger partial charge >= 0.3 is 5.97 Å². The lowest BCUT2D eigenvalue weighted by molar-refractivity contribution is -0.337. The van der Waals surface area contributed by atoms with E-state index in [4.69, 9.17) is 18.9 Å². The molecule has 15 nitrogen and oxygen atoms in total. The van der Waals surface area contributed by atoms with Crippen molar-refractivity contribution < 1.29 is 64.3 Å². The van der Waals surface area contributed by atoms with Crippen LogP contribution in [0.25, 0.3) is 10.8 Å². The largest absolute Gasteiger partial charge is 0.507 e. The number of allylic oxidation sites excluding steroid dienone is 1. The number of hydrazine groups is 1. The number of Topliss-reactive ketones (excluding diaryl/α,β-unsaturated/α-hetero) is 1. The molecule has 5 heterocycles. The normalized spacial score (nSPS) is 43.5. The number of carbonyl (C=O) groups excluding carboxylic acids is 1. The molecule has 1 unspecified atom stereocenters. The van der Waals surface area contributed by atoms with Crippen LogP contribution in [0.15, 0.2) is 34.9 Å². The summed E-state index contributed by atoms with van der Waals surface area (Å²) >= 11 is 0. The van der Waals surface area contributed by atoms with Gasteiger partial charge in [-0.1, -0.05) is 12.5 Å². The van der Waals surface area contributed by atoms with Crippen molar-refractivity contribution >= 4 is 22.5 Å². The van der Waals surface area contributed by atoms with Gasteiger partial charge in [0.25, 0.3) is 0 Å². The van der Waals surface area contributed by atoms with Crippen molar-refractivity contribution in [2.75, 3.05) is 19.8 Å². The second-order valence-corrected chi connectivity index (χ2v) is 19.5. The number of ketones is 1. The van der Waals surface area contributed by atoms with E-state index in [0.717, 1.165) is 49.8 Å². The molecule has 11 rings (SSSR count). The number of carboxylic acid groups (broad SMARTS) is 1. The third-order valence-corrected chi connectivity index (χ3v) is 16.9. The Hall–Kier alpha value is -3.64. The van der Waals surface area contributed by atoms with E-state index in [1.54, 1.807) is 0 Å². The highest BCUT2D eigenvalue weighted by atomic mass is 16.7. The first-order valence-electron chi connectivity index (χ1n) is 21.7. The van der Waals surface area contributed by atoms with Crippen molar-refractivity contribution in [1.29, 1.82) is 0 Å². The summed E-state index contributed by atoms with van der Waals surface area (Å²) in [5.41, 5.74) is 8.14. The van der Waals surface area contributed by atoms with E-state index >= 15 is 0 Å². The lowest BCUT2D eigenvalue weighted by atomic mass is 9.39. The predicted molar refractivity (Wildman–Crippen MR) is 211 cm³/mol. The first-order valence-corrected chi connectivity index (χ1v) is 21.7. The number of carboxylic acids is 1. The van der Waals surface area contributed by atoms with Crippen LogP contribution in [0.1, 0.15) is 97.4 Å². The number of hydrogen-bond acceptors (Lipinski definition) is 14. The summed E-state index contributed by atoms with van der Waals surface area (Å²) in [6.07, 6.45) is 1.31. The molecule has 7 fully saturated rings. The third-order valence-electron chi connectivity index (χ3n) is 16.9. The number of phenolic OH excluding ortho intramolecular Hbond substituents is 2. The molecule has 3 spiro atoms. The fraction of sp³-hybridized carbons (Fsp3) is 0.644. The Labute approximate surface area is 346 Å². The van der Waals surface area contributed by atoms with E-state index in [2.05, 4.69) is 16.9 Å². The first kappa shape index (κ1) is 39.2. The van der Waals surface area contributed by atoms with Gasteiger partial charge in [-0.3, -0.25) is 15.6 Å². The molecule has 2 aromatic rings. The Bertz CT molecular complexity index is 2290. The van der Waals surface area contributed by atoms with Gasteiger partial charge < -0.3 is 54.7 Å². The van der Waals surface area contributed by atoms with Crippen LogP contribution in [0.5, 0.6) is 17.2 Å². The molecule has 15 heteroatoms. The number of hydrogen-bond donors (Lipinski definition) is 9. The molecule has 3 saturated carbocycles. The van der Waals surface area contributed by atoms with Crippen LogP contribution in [0.2, 0.25) is 0 Å². The number of aliphatic hydroxyl groups is 4. The molecule has 9 aliphatic rings. The number of phenols is 2. The number of ether oxygens (including phenoxy) is 4. The molecule has 2 aromatic carbocycles. The summed E-state index contributed by atoms with van der Waals surface area (Å²) in [5, 5.41) is 80.3. The number of rotatable bonds is 6. The Morgan fingerprint density at radius 2 is 1.88 bits per heavy atom. The molecule has 60 heavy (non-hydrogen) atoms. The van der Waals surface area contributed by atoms with E-state index < -0.39 is 76.6 Å². The van der Waals surface area contributed by atoms with Crippen molar-refractivity contribution in [3.8, 4) is 17.2 Å². The maximum Gasteiger partial charge on any atom is 0.335 e. The molecule has 4 bridgehead atoms. The smallest absolute Gasteiger partial charge is 0.335 e. The molecule has 0 amide bonds. The quantitative estimate of drug-likeness (QED) is 0.150. The maximum atomic E-state index is 12.7. The fourth-order valence-electron chi connectivity index (χ4n) is 14.8. The molecule has 4 aliphatic carbocycles. The lowest BCUT2D eigenvalue weighted by Crippen LogP contribution is -2.81. The Morgan fingerprint density at radius 3 is 2.65 bits per heavy atom. The van der Waals surface area contributed by atoms with Crippen molar-refractivity contribution in [1.82, 2.24) is 10.9 Å². The molecule has 4 saturated heterocycles. The summed E-state index contributed by atoms with van der Waals surface area (Å²) in [6.45, 7) is 3.77. The number of fused-ring (bicyclic) bond motifs is 4. The summed E-state index contributed by atoms with van der Waals surface area (Å²) in [7, 11) is 0. The van der Waals surface area contributed by atoms with Gasteiger partial charge in [0.05, 0.1) is 35.3 Å². The molecule has 5 aliphatic heterocycles. The van der Waals surface area contributed by atoms with E-state index in [-0.39, 0.29) is 75.8 Å². The molecule has 0 aromatic heterocycles. The van der Waals surface area contributed by atoms with Crippen molar-refractivity contribution in [3.05, 3.63) is 51.6 Å². The maximum absolute atomic E-state index is 12.7. The third kappa shape index (κ3) is 4.92. The minimum atomic E-state index is -1.81. The van der Waals surface area contributed by atoms with Gasteiger partial charge in [0.15, 0.2) is 5.78 Å². The standard InChI is InChI=1S/C45H54N2O13/c1-19-31(20(2)49)35(52)33-24(34(19)51)12-21(40(55)56)13-29(33)58-41-36(53)38(54)45-15-26-32-23(28(60-45)8-7-27(50)39(45)59-41)5-6-25(32)43(10-11-48)18-57-16-22-14-42-9-3-4-30(42)46-47-44(26,17-42)37(22)43/h6,12-13,22,26-28,30,36-39,41,46-48,50-54H,3-5,7-11,14-18H2,1-2H3,(H,55,56)/t22-,26?,27+,28-,30+,36-,37-,38-,39-,41+,42-,43-,44-,45+/m1/s1. The Balaban J connectivity index is 1.04. The van der Waals surface area contributed by atoms with Gasteiger partial charge in [0.2, 0.25) is 6.29 Å². The molecule has 14 atom stereocenters. The van der Waals surface area contributed by atoms with Crippen LogP contribution >= 0.6 is 0 Å². The molecule has 9 N–H and O–H groups in total. The van der Waals surface area contributed by atoms with E-state index in [0.29, 0.717) is 38.5 Å². The summed E-state index contributed by atoms with van der Waals surface area (Å²) in [6, 6.07) is 2.54. The zero-order valence-corrected chi connectivity index (χ0v) is 33.8. The fourth-order valence-corrected chi connectivity index (χ4v) is 14.8. The van der Waals surface area contributed by atoms with Crippen LogP contribution in [-0.4, -0.2) is 121 Å². The number of aromatic hydroxyl groups is 2. The number of benzene rings is 2. The first-order chi connectivity index (χ1) is 28.7. The monoisotopic (exact) mass is 830 g/mol. The zero-order valence-electron chi connectivity index (χ0n) is 33.8. The van der Waals surface area contributed by atoms with Crippen LogP contribution in [0.4, 0.5) is 0 Å². The molecular formula is C45H54N2O13. The van der Waals surface area contributed by atoms with Crippen LogP contribution in [0, 0.1) is 35.5 Å². The van der Waals surface area contributed by atoms with Gasteiger partial charge in [0, 0.05) is 47.1 Å². The van der Waals surface area contributed by atoms with Crippen molar-refractivity contribution in [2.45, 2.75) is 132 Å². The second-order valence-electron chi connectivity index (χ2n) is 19.5. The average molecular weight is 831 g/mol. The number of aromatic carboxylic acids is 1. The SMILES string of the molecule is CC(=O)c1c(C)c(O)c2cc(C(=O)O)cc(O[C@H]3O[C@@H]4[C@@H](O)CC[C@H]5O[C@@]4(CC4C6=C5CC=C6[C@@]5(CCO)COC[C@H]6C[C@@]78CCC[C@@H]7NN[C@@]4(C8)[C@H]65)[C@H](O)[C@H]3O)c2c1O. The summed E-state index contributed by atoms with van der Waals surface area (Å²) in [5.74, 6) is -3.22. The minimum absolute atomic E-state index is 0.00443. The molecule has 322 valence electrons. The number of nitrogens with one attached hydrogen (secondary N) is 2. The topological polar surface area (TPSA) is 237 Å². The second kappa shape index (κ2) is 13.2. The zero-order chi connectivity index (χ0) is 41.8. The summed E-state index contributed by atoms with van der Waals surface area (Å²) < 4.78 is 26.7. The van der Waals surface area contributed by atoms with Gasteiger partial charge in [-0.05, 0) is 118 Å². The van der Waals surface area contributed by atoms with Gasteiger partial charge in [0.1, 0.15) is 41.2 Å². The predicted octanol–water partition coefficient (Wildman–Crippen LogP) is 3.04. The number of carbonyl (C=O) groups is 2. The Morgan fingerprint density at radius 1 is 1.07 bits per heavy atom. The highest BCUT2D eigenvalue weighted by Crippen LogP contribution is 2.73. The van der Waals surface area contributed by atoms with Crippen molar-refractivity contribution in [2.24, 2.45) is 28.6 Å². The molecule has 0 radical (unpaired) electrons. The number of aliphatic hydroxyl groups excluding tert-OH is 4. The van der Waals surface area contributed by atoms with E-state index in [1.165, 1.54) is 25.0 Å². The van der Waals surface area contributed by atoms with E-state index in [9.17, 15) is 45.3 Å².